The van der Waals surface area contributed by atoms with Gasteiger partial charge in [-0.3, -0.25) is 23.5 Å². The first kappa shape index (κ1) is 27.0. The Morgan fingerprint density at radius 1 is 1.00 bits per heavy atom. The topological polar surface area (TPSA) is 123 Å². The molecule has 1 saturated heterocycles. The highest BCUT2D eigenvalue weighted by molar-refractivity contribution is 6.02. The third-order valence-electron chi connectivity index (χ3n) is 8.41. The molecule has 1 saturated carbocycles. The Labute approximate surface area is 237 Å². The van der Waals surface area contributed by atoms with Gasteiger partial charge in [0, 0.05) is 55.0 Å². The molecule has 0 bridgehead atoms. The average molecular weight is 558 g/mol. The van der Waals surface area contributed by atoms with Gasteiger partial charge in [-0.2, -0.15) is 0 Å². The summed E-state index contributed by atoms with van der Waals surface area (Å²) in [5, 5.41) is 6.36. The van der Waals surface area contributed by atoms with E-state index in [1.807, 2.05) is 13.8 Å². The molecule has 3 aromatic rings. The predicted molar refractivity (Wildman–Crippen MR) is 156 cm³/mol. The Bertz CT molecular complexity index is 1680. The molecule has 1 atom stereocenters. The van der Waals surface area contributed by atoms with Crippen LogP contribution in [0.4, 0.5) is 10.5 Å². The van der Waals surface area contributed by atoms with Crippen molar-refractivity contribution in [2.75, 3.05) is 18.4 Å². The number of anilines is 1. The molecule has 10 heteroatoms. The van der Waals surface area contributed by atoms with Crippen LogP contribution in [0.2, 0.25) is 0 Å². The van der Waals surface area contributed by atoms with Crippen LogP contribution in [0.1, 0.15) is 78.3 Å². The van der Waals surface area contributed by atoms with Crippen molar-refractivity contribution in [1.82, 2.24) is 19.4 Å². The summed E-state index contributed by atoms with van der Waals surface area (Å²) >= 11 is 0. The van der Waals surface area contributed by atoms with Crippen molar-refractivity contribution >= 4 is 34.3 Å². The molecule has 214 valence electrons. The molecule has 3 aliphatic rings. The zero-order valence-corrected chi connectivity index (χ0v) is 23.4. The second kappa shape index (κ2) is 10.6. The normalized spacial score (nSPS) is 18.6. The third kappa shape index (κ3) is 5.30. The molecule has 2 aliphatic carbocycles. The number of hydrogen-bond donors (Lipinski definition) is 2. The Hall–Kier alpha value is -4.21. The number of fused-ring (bicyclic) bond motifs is 2. The number of benzene rings is 2. The van der Waals surface area contributed by atoms with E-state index < -0.39 is 0 Å². The van der Waals surface area contributed by atoms with Crippen LogP contribution in [0.3, 0.4) is 0 Å². The van der Waals surface area contributed by atoms with Gasteiger partial charge < -0.3 is 15.5 Å². The van der Waals surface area contributed by atoms with Crippen molar-refractivity contribution in [3.63, 3.8) is 0 Å². The fourth-order valence-electron chi connectivity index (χ4n) is 6.03. The standard InChI is InChI=1S/C31H35N5O5/c1-18(2)36-26-11-9-22(15-25(26)29(39)35(31(36)41)16-19-5-6-19)33-30(40)34-13-3-4-23(17-34)32-28(38)21-7-10-24-20(14-21)8-12-27(24)37/h7,9-11,14-15,18-19,23H,3-6,8,12-13,16-17H2,1-2H3,(H,32,38)(H,33,40)/t23-/m1/s1. The number of likely N-dealkylation sites (tertiary alicyclic amines) is 1. The van der Waals surface area contributed by atoms with Crippen molar-refractivity contribution in [2.24, 2.45) is 5.92 Å². The molecule has 1 aromatic heterocycles. The summed E-state index contributed by atoms with van der Waals surface area (Å²) in [4.78, 5) is 66.2. The van der Waals surface area contributed by atoms with Gasteiger partial charge in [0.2, 0.25) is 0 Å². The number of piperidine rings is 1. The minimum Gasteiger partial charge on any atom is -0.348 e. The number of aryl methyl sites for hydroxylation is 1. The van der Waals surface area contributed by atoms with Crippen molar-refractivity contribution in [1.29, 1.82) is 0 Å². The average Bonchev–Trinajstić information content (AvgIpc) is 3.71. The Balaban J connectivity index is 1.16. The molecular formula is C31H35N5O5. The molecule has 1 aliphatic heterocycles. The van der Waals surface area contributed by atoms with Gasteiger partial charge in [-0.05, 0) is 87.8 Å². The fraction of sp³-hybridized carbons (Fsp3) is 0.452. The van der Waals surface area contributed by atoms with Crippen molar-refractivity contribution in [2.45, 2.75) is 71.0 Å². The number of amides is 3. The van der Waals surface area contributed by atoms with E-state index in [-0.39, 0.29) is 41.1 Å². The number of urea groups is 1. The number of nitrogens with one attached hydrogen (secondary N) is 2. The van der Waals surface area contributed by atoms with E-state index in [0.29, 0.717) is 66.1 Å². The van der Waals surface area contributed by atoms with Crippen LogP contribution in [0.5, 0.6) is 0 Å². The summed E-state index contributed by atoms with van der Waals surface area (Å²) in [6.45, 7) is 5.16. The molecule has 0 radical (unpaired) electrons. The van der Waals surface area contributed by atoms with Gasteiger partial charge in [0.25, 0.3) is 11.5 Å². The minimum atomic E-state index is -0.332. The van der Waals surface area contributed by atoms with Crippen molar-refractivity contribution in [3.05, 3.63) is 73.9 Å². The fourth-order valence-corrected chi connectivity index (χ4v) is 6.03. The monoisotopic (exact) mass is 557 g/mol. The van der Waals surface area contributed by atoms with Gasteiger partial charge >= 0.3 is 11.7 Å². The lowest BCUT2D eigenvalue weighted by Crippen LogP contribution is -2.50. The van der Waals surface area contributed by atoms with E-state index in [0.717, 1.165) is 31.2 Å². The highest BCUT2D eigenvalue weighted by atomic mass is 16.2. The Morgan fingerprint density at radius 2 is 1.80 bits per heavy atom. The number of ketones is 1. The molecule has 2 N–H and O–H groups in total. The predicted octanol–water partition coefficient (Wildman–Crippen LogP) is 3.71. The van der Waals surface area contributed by atoms with E-state index in [4.69, 9.17) is 0 Å². The molecule has 3 amide bonds. The van der Waals surface area contributed by atoms with Crippen LogP contribution in [-0.2, 0) is 13.0 Å². The minimum absolute atomic E-state index is 0.116. The van der Waals surface area contributed by atoms with Crippen LogP contribution >= 0.6 is 0 Å². The Morgan fingerprint density at radius 3 is 2.56 bits per heavy atom. The molecule has 10 nitrogen and oxygen atoms in total. The molecule has 0 unspecified atom stereocenters. The lowest BCUT2D eigenvalue weighted by atomic mass is 10.0. The van der Waals surface area contributed by atoms with Gasteiger partial charge in [0.05, 0.1) is 10.9 Å². The number of nitrogens with zero attached hydrogens (tertiary/aromatic N) is 3. The molecule has 2 fully saturated rings. The number of hydrogen-bond acceptors (Lipinski definition) is 5. The maximum atomic E-state index is 13.3. The van der Waals surface area contributed by atoms with Gasteiger partial charge in [-0.1, -0.05) is 6.07 Å². The summed E-state index contributed by atoms with van der Waals surface area (Å²) in [5.74, 6) is 0.263. The van der Waals surface area contributed by atoms with Crippen LogP contribution in [-0.4, -0.2) is 50.9 Å². The maximum Gasteiger partial charge on any atom is 0.331 e. The van der Waals surface area contributed by atoms with Crippen LogP contribution in [0.15, 0.2) is 46.0 Å². The van der Waals surface area contributed by atoms with Crippen molar-refractivity contribution < 1.29 is 14.4 Å². The first-order valence-electron chi connectivity index (χ1n) is 14.5. The molecule has 2 heterocycles. The van der Waals surface area contributed by atoms with E-state index in [1.54, 1.807) is 45.9 Å². The molecule has 41 heavy (non-hydrogen) atoms. The quantitative estimate of drug-likeness (QED) is 0.479. The third-order valence-corrected chi connectivity index (χ3v) is 8.41. The summed E-state index contributed by atoms with van der Waals surface area (Å²) in [7, 11) is 0. The summed E-state index contributed by atoms with van der Waals surface area (Å²) in [6.07, 6.45) is 4.67. The van der Waals surface area contributed by atoms with Gasteiger partial charge in [0.1, 0.15) is 0 Å². The highest BCUT2D eigenvalue weighted by Gasteiger charge is 2.28. The van der Waals surface area contributed by atoms with Crippen LogP contribution in [0, 0.1) is 5.92 Å². The number of carbonyl (C=O) groups is 3. The summed E-state index contributed by atoms with van der Waals surface area (Å²) < 4.78 is 2.98. The SMILES string of the molecule is CC(C)n1c(=O)n(CC2CC2)c(=O)c2cc(NC(=O)N3CCC[C@@H](NC(=O)c4ccc5c(c4)CCC5=O)C3)ccc21. The Kier molecular flexibility index (Phi) is 7.01. The number of aromatic nitrogens is 2. The van der Waals surface area contributed by atoms with Gasteiger partial charge in [-0.25, -0.2) is 9.59 Å². The van der Waals surface area contributed by atoms with E-state index in [1.165, 1.54) is 4.57 Å². The van der Waals surface area contributed by atoms with Gasteiger partial charge in [-0.15, -0.1) is 0 Å². The molecule has 2 aromatic carbocycles. The summed E-state index contributed by atoms with van der Waals surface area (Å²) in [6, 6.07) is 9.64. The zero-order valence-electron chi connectivity index (χ0n) is 23.4. The van der Waals surface area contributed by atoms with Crippen molar-refractivity contribution in [3.8, 4) is 0 Å². The van der Waals surface area contributed by atoms with E-state index in [9.17, 15) is 24.0 Å². The lowest BCUT2D eigenvalue weighted by molar-refractivity contribution is 0.0911. The lowest BCUT2D eigenvalue weighted by Gasteiger charge is -2.33. The summed E-state index contributed by atoms with van der Waals surface area (Å²) in [5.41, 5.74) is 2.53. The largest absolute Gasteiger partial charge is 0.348 e. The maximum absolute atomic E-state index is 13.3. The first-order valence-corrected chi connectivity index (χ1v) is 14.5. The molecular weight excluding hydrogens is 522 g/mol. The number of Topliss-reactive ketones (excluding diaryl/α,β-unsaturated/α-hetero) is 1. The van der Waals surface area contributed by atoms with E-state index in [2.05, 4.69) is 10.6 Å². The number of carbonyl (C=O) groups excluding carboxylic acids is 3. The molecule has 6 rings (SSSR count). The number of rotatable bonds is 6. The highest BCUT2D eigenvalue weighted by Crippen LogP contribution is 2.30. The van der Waals surface area contributed by atoms with E-state index >= 15 is 0 Å². The zero-order chi connectivity index (χ0) is 28.8. The van der Waals surface area contributed by atoms with Gasteiger partial charge in [0.15, 0.2) is 5.78 Å². The second-order valence-corrected chi connectivity index (χ2v) is 11.8. The second-order valence-electron chi connectivity index (χ2n) is 11.8. The molecule has 0 spiro atoms. The smallest absolute Gasteiger partial charge is 0.331 e. The first-order chi connectivity index (χ1) is 19.7. The van der Waals surface area contributed by atoms with Crippen LogP contribution in [0.25, 0.3) is 10.9 Å². The van der Waals surface area contributed by atoms with Crippen LogP contribution < -0.4 is 21.9 Å².